The number of hydrogen-bond donors (Lipinski definition) is 0. The third-order valence-electron chi connectivity index (χ3n) is 4.82. The van der Waals surface area contributed by atoms with Crippen LogP contribution in [0.4, 0.5) is 0 Å². The van der Waals surface area contributed by atoms with E-state index in [1.807, 2.05) is 49.4 Å². The largest absolute Gasteiger partial charge is 0.423 e. The van der Waals surface area contributed by atoms with Crippen LogP contribution < -0.4 is 4.74 Å². The Labute approximate surface area is 178 Å². The molecule has 3 nitrogen and oxygen atoms in total. The minimum absolute atomic E-state index is 0.0269. The lowest BCUT2D eigenvalue weighted by Crippen LogP contribution is -2.12. The zero-order valence-electron chi connectivity index (χ0n) is 17.8. The van der Waals surface area contributed by atoms with Crippen molar-refractivity contribution in [2.75, 3.05) is 0 Å². The first-order valence-corrected chi connectivity index (χ1v) is 9.94. The molecule has 0 atom stereocenters. The molecule has 152 valence electrons. The highest BCUT2D eigenvalue weighted by Crippen LogP contribution is 2.23. The number of carbonyl (C=O) groups is 2. The first kappa shape index (κ1) is 21.3. The van der Waals surface area contributed by atoms with Gasteiger partial charge in [0.05, 0.1) is 5.56 Å². The summed E-state index contributed by atoms with van der Waals surface area (Å²) in [4.78, 5) is 24.8. The number of benzene rings is 3. The Morgan fingerprint density at radius 1 is 0.833 bits per heavy atom. The Morgan fingerprint density at radius 2 is 1.47 bits per heavy atom. The molecular weight excluding hydrogens is 372 g/mol. The Morgan fingerprint density at radius 3 is 2.10 bits per heavy atom. The lowest BCUT2D eigenvalue weighted by atomic mass is 9.87. The summed E-state index contributed by atoms with van der Waals surface area (Å²) in [7, 11) is 0. The minimum atomic E-state index is -0.410. The van der Waals surface area contributed by atoms with Crippen molar-refractivity contribution >= 4 is 17.8 Å². The molecular formula is C27H26O3. The predicted molar refractivity (Wildman–Crippen MR) is 121 cm³/mol. The predicted octanol–water partition coefficient (Wildman–Crippen LogP) is 6.41. The first-order chi connectivity index (χ1) is 14.2. The van der Waals surface area contributed by atoms with Crippen LogP contribution in [0.2, 0.25) is 0 Å². The van der Waals surface area contributed by atoms with Crippen LogP contribution in [0.15, 0.2) is 78.9 Å². The van der Waals surface area contributed by atoms with Gasteiger partial charge in [-0.15, -0.1) is 0 Å². The number of esters is 1. The monoisotopic (exact) mass is 398 g/mol. The van der Waals surface area contributed by atoms with Crippen LogP contribution in [0.5, 0.6) is 5.75 Å². The van der Waals surface area contributed by atoms with Crippen molar-refractivity contribution in [2.24, 2.45) is 0 Å². The van der Waals surface area contributed by atoms with Gasteiger partial charge in [0.15, 0.2) is 5.78 Å². The molecule has 0 bridgehead atoms. The third kappa shape index (κ3) is 5.54. The summed E-state index contributed by atoms with van der Waals surface area (Å²) in [6, 6.07) is 22.0. The second-order valence-corrected chi connectivity index (χ2v) is 8.35. The molecule has 0 amide bonds. The highest BCUT2D eigenvalue weighted by Gasteiger charge is 2.15. The third-order valence-corrected chi connectivity index (χ3v) is 4.82. The summed E-state index contributed by atoms with van der Waals surface area (Å²) in [6.45, 7) is 8.37. The summed E-state index contributed by atoms with van der Waals surface area (Å²) in [6.07, 6.45) is 3.24. The van der Waals surface area contributed by atoms with E-state index in [-0.39, 0.29) is 11.2 Å². The summed E-state index contributed by atoms with van der Waals surface area (Å²) in [5.74, 6) is -0.0477. The van der Waals surface area contributed by atoms with Gasteiger partial charge in [0.2, 0.25) is 0 Å². The molecule has 0 aliphatic heterocycles. The molecule has 0 unspecified atom stereocenters. The maximum atomic E-state index is 12.5. The summed E-state index contributed by atoms with van der Waals surface area (Å²) >= 11 is 0. The molecule has 0 fully saturated rings. The van der Waals surface area contributed by atoms with Gasteiger partial charge >= 0.3 is 5.97 Å². The molecule has 3 heteroatoms. The number of ether oxygens (including phenoxy) is 1. The molecule has 0 spiro atoms. The van der Waals surface area contributed by atoms with E-state index in [1.165, 1.54) is 6.08 Å². The topological polar surface area (TPSA) is 43.4 Å². The fourth-order valence-electron chi connectivity index (χ4n) is 2.94. The van der Waals surface area contributed by atoms with Crippen LogP contribution >= 0.6 is 0 Å². The highest BCUT2D eigenvalue weighted by atomic mass is 16.5. The lowest BCUT2D eigenvalue weighted by molar-refractivity contribution is 0.0734. The van der Waals surface area contributed by atoms with E-state index in [0.29, 0.717) is 16.9 Å². The van der Waals surface area contributed by atoms with Crippen molar-refractivity contribution < 1.29 is 14.3 Å². The fourth-order valence-corrected chi connectivity index (χ4v) is 2.94. The summed E-state index contributed by atoms with van der Waals surface area (Å²) in [5, 5.41) is 0. The van der Waals surface area contributed by atoms with Gasteiger partial charge in [0, 0.05) is 5.56 Å². The van der Waals surface area contributed by atoms with Gasteiger partial charge in [-0.05, 0) is 53.8 Å². The van der Waals surface area contributed by atoms with Crippen LogP contribution in [0.25, 0.3) is 6.08 Å². The van der Waals surface area contributed by atoms with Crippen molar-refractivity contribution in [3.8, 4) is 5.75 Å². The van der Waals surface area contributed by atoms with Crippen LogP contribution in [0.1, 0.15) is 58.2 Å². The number of rotatable bonds is 5. The van der Waals surface area contributed by atoms with Crippen molar-refractivity contribution in [1.29, 1.82) is 0 Å². The molecule has 3 rings (SSSR count). The van der Waals surface area contributed by atoms with E-state index in [1.54, 1.807) is 36.4 Å². The normalized spacial score (nSPS) is 11.5. The smallest absolute Gasteiger partial charge is 0.343 e. The van der Waals surface area contributed by atoms with Crippen LogP contribution in [0, 0.1) is 6.92 Å². The van der Waals surface area contributed by atoms with Crippen LogP contribution in [0.3, 0.4) is 0 Å². The molecule has 30 heavy (non-hydrogen) atoms. The molecule has 0 N–H and O–H groups in total. The zero-order chi connectivity index (χ0) is 21.7. The maximum Gasteiger partial charge on any atom is 0.343 e. The van der Waals surface area contributed by atoms with Gasteiger partial charge in [-0.25, -0.2) is 4.79 Å². The number of hydrogen-bond acceptors (Lipinski definition) is 3. The molecule has 0 heterocycles. The Bertz CT molecular complexity index is 1070. The van der Waals surface area contributed by atoms with E-state index in [0.717, 1.165) is 16.7 Å². The standard InChI is InChI=1S/C27H26O3/c1-19-8-11-21(12-9-19)25(28)17-10-20-6-5-7-24(18-20)30-26(29)22-13-15-23(16-14-22)27(2,3)4/h5-18H,1-4H3/b17-10+. The van der Waals surface area contributed by atoms with Gasteiger partial charge in [-0.1, -0.05) is 80.9 Å². The minimum Gasteiger partial charge on any atom is -0.423 e. The second-order valence-electron chi connectivity index (χ2n) is 8.35. The molecule has 0 radical (unpaired) electrons. The number of aryl methyl sites for hydroxylation is 1. The van der Waals surface area contributed by atoms with Gasteiger partial charge in [0.1, 0.15) is 5.75 Å². The molecule has 0 saturated heterocycles. The van der Waals surface area contributed by atoms with E-state index in [4.69, 9.17) is 4.74 Å². The molecule has 0 aromatic heterocycles. The maximum absolute atomic E-state index is 12.5. The van der Waals surface area contributed by atoms with E-state index in [9.17, 15) is 9.59 Å². The molecule has 0 aliphatic rings. The number of allylic oxidation sites excluding steroid dienone is 1. The Kier molecular flexibility index (Phi) is 6.31. The van der Waals surface area contributed by atoms with E-state index >= 15 is 0 Å². The van der Waals surface area contributed by atoms with Gasteiger partial charge < -0.3 is 4.74 Å². The average Bonchev–Trinajstić information content (AvgIpc) is 2.72. The lowest BCUT2D eigenvalue weighted by Gasteiger charge is -2.18. The highest BCUT2D eigenvalue weighted by molar-refractivity contribution is 6.06. The zero-order valence-corrected chi connectivity index (χ0v) is 17.8. The van der Waals surface area contributed by atoms with Crippen LogP contribution in [-0.2, 0) is 5.41 Å². The van der Waals surface area contributed by atoms with Gasteiger partial charge in [-0.2, -0.15) is 0 Å². The molecule has 3 aromatic rings. The van der Waals surface area contributed by atoms with Crippen molar-refractivity contribution in [1.82, 2.24) is 0 Å². The first-order valence-electron chi connectivity index (χ1n) is 9.94. The SMILES string of the molecule is Cc1ccc(C(=O)/C=C/c2cccc(OC(=O)c3ccc(C(C)(C)C)cc3)c2)cc1. The summed E-state index contributed by atoms with van der Waals surface area (Å²) in [5.41, 5.74) is 4.21. The quantitative estimate of drug-likeness (QED) is 0.216. The Hall–Kier alpha value is -3.46. The fraction of sp³-hybridized carbons (Fsp3) is 0.185. The molecule has 0 aliphatic carbocycles. The van der Waals surface area contributed by atoms with Crippen molar-refractivity contribution in [2.45, 2.75) is 33.1 Å². The Balaban J connectivity index is 1.68. The second kappa shape index (κ2) is 8.91. The van der Waals surface area contributed by atoms with E-state index < -0.39 is 5.97 Å². The van der Waals surface area contributed by atoms with Gasteiger partial charge in [0.25, 0.3) is 0 Å². The van der Waals surface area contributed by atoms with Gasteiger partial charge in [-0.3, -0.25) is 4.79 Å². The average molecular weight is 399 g/mol. The molecule has 0 saturated carbocycles. The van der Waals surface area contributed by atoms with E-state index in [2.05, 4.69) is 20.8 Å². The van der Waals surface area contributed by atoms with Crippen molar-refractivity contribution in [3.05, 3.63) is 107 Å². The van der Waals surface area contributed by atoms with Crippen molar-refractivity contribution in [3.63, 3.8) is 0 Å². The van der Waals surface area contributed by atoms with Crippen LogP contribution in [-0.4, -0.2) is 11.8 Å². The summed E-state index contributed by atoms with van der Waals surface area (Å²) < 4.78 is 5.51. The number of carbonyl (C=O) groups excluding carboxylic acids is 2. The number of ketones is 1. The molecule has 3 aromatic carbocycles.